The molecule has 0 saturated carbocycles. The summed E-state index contributed by atoms with van der Waals surface area (Å²) in [6.45, 7) is 1.79. The first-order valence-corrected chi connectivity index (χ1v) is 7.68. The predicted octanol–water partition coefficient (Wildman–Crippen LogP) is 2.38. The van der Waals surface area contributed by atoms with Gasteiger partial charge in [0.1, 0.15) is 18.2 Å². The lowest BCUT2D eigenvalue weighted by Gasteiger charge is -2.11. The van der Waals surface area contributed by atoms with Crippen molar-refractivity contribution < 1.29 is 13.9 Å². The summed E-state index contributed by atoms with van der Waals surface area (Å²) >= 11 is 0. The average molecular weight is 314 g/mol. The van der Waals surface area contributed by atoms with Gasteiger partial charge in [-0.25, -0.2) is 4.39 Å². The van der Waals surface area contributed by atoms with Gasteiger partial charge in [-0.1, -0.05) is 24.3 Å². The molecular weight excluding hydrogens is 295 g/mol. The van der Waals surface area contributed by atoms with Crippen LogP contribution in [-0.4, -0.2) is 18.5 Å². The van der Waals surface area contributed by atoms with Crippen LogP contribution in [0.15, 0.2) is 48.5 Å². The molecule has 0 aliphatic carbocycles. The second-order valence-corrected chi connectivity index (χ2v) is 5.57. The molecule has 1 amide bonds. The number of carbonyl (C=O) groups excluding carboxylic acids is 1. The van der Waals surface area contributed by atoms with Gasteiger partial charge in [-0.05, 0) is 41.8 Å². The minimum atomic E-state index is -0.249. The third-order valence-electron chi connectivity index (χ3n) is 3.84. The van der Waals surface area contributed by atoms with Crippen LogP contribution in [0.25, 0.3) is 0 Å². The fraction of sp³-hybridized carbons (Fsp3) is 0.278. The van der Waals surface area contributed by atoms with E-state index < -0.39 is 0 Å². The van der Waals surface area contributed by atoms with Crippen LogP contribution in [0.5, 0.6) is 5.75 Å². The number of hydrogen-bond donors (Lipinski definition) is 2. The van der Waals surface area contributed by atoms with Crippen LogP contribution in [0.2, 0.25) is 0 Å². The van der Waals surface area contributed by atoms with Gasteiger partial charge in [0.2, 0.25) is 5.91 Å². The molecule has 1 saturated heterocycles. The number of rotatable bonds is 6. The molecule has 2 N–H and O–H groups in total. The summed E-state index contributed by atoms with van der Waals surface area (Å²) in [5.74, 6) is 0.586. The van der Waals surface area contributed by atoms with E-state index in [-0.39, 0.29) is 17.8 Å². The van der Waals surface area contributed by atoms with E-state index in [0.29, 0.717) is 13.2 Å². The van der Waals surface area contributed by atoms with Gasteiger partial charge in [0, 0.05) is 13.1 Å². The Morgan fingerprint density at radius 2 is 1.78 bits per heavy atom. The van der Waals surface area contributed by atoms with Crippen LogP contribution in [0.3, 0.4) is 0 Å². The number of nitrogens with one attached hydrogen (secondary N) is 2. The zero-order chi connectivity index (χ0) is 16.1. The van der Waals surface area contributed by atoms with Gasteiger partial charge in [-0.3, -0.25) is 4.79 Å². The minimum absolute atomic E-state index is 0.0734. The molecule has 4 nitrogen and oxygen atoms in total. The standard InChI is InChI=1S/C18H19FN2O2/c19-15-5-1-14(2-6-15)12-23-16-7-3-13(4-8-16)11-21-17-9-10-20-18(17)22/h1-8,17,21H,9-12H2,(H,20,22). The van der Waals surface area contributed by atoms with Gasteiger partial charge in [-0.15, -0.1) is 0 Å². The van der Waals surface area contributed by atoms with Crippen molar-refractivity contribution in [1.29, 1.82) is 0 Å². The van der Waals surface area contributed by atoms with Crippen LogP contribution >= 0.6 is 0 Å². The number of amides is 1. The lowest BCUT2D eigenvalue weighted by molar-refractivity contribution is -0.120. The zero-order valence-corrected chi connectivity index (χ0v) is 12.7. The Hall–Kier alpha value is -2.40. The van der Waals surface area contributed by atoms with Gasteiger partial charge in [0.15, 0.2) is 0 Å². The molecule has 1 fully saturated rings. The zero-order valence-electron chi connectivity index (χ0n) is 12.7. The Morgan fingerprint density at radius 1 is 1.09 bits per heavy atom. The van der Waals surface area contributed by atoms with Gasteiger partial charge < -0.3 is 15.4 Å². The summed E-state index contributed by atoms with van der Waals surface area (Å²) < 4.78 is 18.5. The van der Waals surface area contributed by atoms with Gasteiger partial charge in [0.25, 0.3) is 0 Å². The maximum absolute atomic E-state index is 12.8. The Bertz CT molecular complexity index is 656. The molecule has 1 aliphatic rings. The molecule has 1 unspecified atom stereocenters. The van der Waals surface area contributed by atoms with E-state index in [9.17, 15) is 9.18 Å². The second kappa shape index (κ2) is 7.24. The number of hydrogen-bond acceptors (Lipinski definition) is 3. The highest BCUT2D eigenvalue weighted by Gasteiger charge is 2.22. The molecular formula is C18H19FN2O2. The van der Waals surface area contributed by atoms with E-state index in [4.69, 9.17) is 4.74 Å². The molecule has 2 aromatic carbocycles. The Balaban J connectivity index is 1.48. The van der Waals surface area contributed by atoms with E-state index in [1.807, 2.05) is 24.3 Å². The predicted molar refractivity (Wildman–Crippen MR) is 85.4 cm³/mol. The number of ether oxygens (including phenoxy) is 1. The molecule has 0 aromatic heterocycles. The van der Waals surface area contributed by atoms with Crippen molar-refractivity contribution in [3.63, 3.8) is 0 Å². The topological polar surface area (TPSA) is 50.4 Å². The van der Waals surface area contributed by atoms with Crippen molar-refractivity contribution in [2.45, 2.75) is 25.6 Å². The fourth-order valence-corrected chi connectivity index (χ4v) is 2.48. The third-order valence-corrected chi connectivity index (χ3v) is 3.84. The summed E-state index contributed by atoms with van der Waals surface area (Å²) in [6, 6.07) is 13.9. The molecule has 1 atom stereocenters. The maximum atomic E-state index is 12.8. The second-order valence-electron chi connectivity index (χ2n) is 5.57. The Morgan fingerprint density at radius 3 is 2.43 bits per heavy atom. The molecule has 1 heterocycles. The minimum Gasteiger partial charge on any atom is -0.489 e. The lowest BCUT2D eigenvalue weighted by Crippen LogP contribution is -2.35. The molecule has 0 bridgehead atoms. The first-order chi connectivity index (χ1) is 11.2. The summed E-state index contributed by atoms with van der Waals surface area (Å²) in [4.78, 5) is 11.5. The van der Waals surface area contributed by atoms with E-state index in [1.165, 1.54) is 12.1 Å². The van der Waals surface area contributed by atoms with Crippen molar-refractivity contribution in [3.8, 4) is 5.75 Å². The largest absolute Gasteiger partial charge is 0.489 e. The maximum Gasteiger partial charge on any atom is 0.237 e. The van der Waals surface area contributed by atoms with E-state index >= 15 is 0 Å². The van der Waals surface area contributed by atoms with Gasteiger partial charge >= 0.3 is 0 Å². The summed E-state index contributed by atoms with van der Waals surface area (Å²) in [6.07, 6.45) is 0.831. The first-order valence-electron chi connectivity index (χ1n) is 7.68. The summed E-state index contributed by atoms with van der Waals surface area (Å²) in [7, 11) is 0. The quantitative estimate of drug-likeness (QED) is 0.861. The Kier molecular flexibility index (Phi) is 4.88. The van der Waals surface area contributed by atoms with Crippen LogP contribution in [0.1, 0.15) is 17.5 Å². The molecule has 0 spiro atoms. The van der Waals surface area contributed by atoms with E-state index in [0.717, 1.165) is 29.8 Å². The van der Waals surface area contributed by atoms with Crippen molar-refractivity contribution in [3.05, 3.63) is 65.5 Å². The number of halogens is 1. The lowest BCUT2D eigenvalue weighted by atomic mass is 10.2. The fourth-order valence-electron chi connectivity index (χ4n) is 2.48. The van der Waals surface area contributed by atoms with E-state index in [2.05, 4.69) is 10.6 Å². The number of benzene rings is 2. The first kappa shape index (κ1) is 15.5. The molecule has 5 heteroatoms. The highest BCUT2D eigenvalue weighted by Crippen LogP contribution is 2.15. The SMILES string of the molecule is O=C1NCCC1NCc1ccc(OCc2ccc(F)cc2)cc1. The molecule has 23 heavy (non-hydrogen) atoms. The molecule has 120 valence electrons. The summed E-state index contributed by atoms with van der Waals surface area (Å²) in [5, 5.41) is 6.05. The normalized spacial score (nSPS) is 17.1. The average Bonchev–Trinajstić information content (AvgIpc) is 2.98. The molecule has 0 radical (unpaired) electrons. The summed E-state index contributed by atoms with van der Waals surface area (Å²) in [5.41, 5.74) is 2.02. The molecule has 3 rings (SSSR count). The van der Waals surface area contributed by atoms with Crippen molar-refractivity contribution in [1.82, 2.24) is 10.6 Å². The van der Waals surface area contributed by atoms with Crippen molar-refractivity contribution >= 4 is 5.91 Å². The van der Waals surface area contributed by atoms with Crippen LogP contribution in [-0.2, 0) is 17.9 Å². The monoisotopic (exact) mass is 314 g/mol. The van der Waals surface area contributed by atoms with Crippen molar-refractivity contribution in [2.75, 3.05) is 6.54 Å². The third kappa shape index (κ3) is 4.29. The van der Waals surface area contributed by atoms with Crippen LogP contribution in [0.4, 0.5) is 4.39 Å². The molecule has 1 aliphatic heterocycles. The van der Waals surface area contributed by atoms with Crippen LogP contribution < -0.4 is 15.4 Å². The van der Waals surface area contributed by atoms with Gasteiger partial charge in [-0.2, -0.15) is 0 Å². The number of carbonyl (C=O) groups is 1. The van der Waals surface area contributed by atoms with Crippen molar-refractivity contribution in [2.24, 2.45) is 0 Å². The smallest absolute Gasteiger partial charge is 0.237 e. The van der Waals surface area contributed by atoms with E-state index in [1.54, 1.807) is 12.1 Å². The highest BCUT2D eigenvalue weighted by molar-refractivity contribution is 5.83. The molecule has 2 aromatic rings. The van der Waals surface area contributed by atoms with Gasteiger partial charge in [0.05, 0.1) is 6.04 Å². The Labute approximate surface area is 134 Å². The highest BCUT2D eigenvalue weighted by atomic mass is 19.1. The van der Waals surface area contributed by atoms with Crippen LogP contribution in [0, 0.1) is 5.82 Å².